The van der Waals surface area contributed by atoms with Crippen molar-refractivity contribution < 1.29 is 19.0 Å². The molecule has 0 saturated heterocycles. The summed E-state index contributed by atoms with van der Waals surface area (Å²) in [5.74, 6) is 3.03. The molecule has 0 aliphatic carbocycles. The third-order valence-corrected chi connectivity index (χ3v) is 8.59. The average molecular weight is 693 g/mol. The van der Waals surface area contributed by atoms with Gasteiger partial charge in [-0.25, -0.2) is 4.68 Å². The molecule has 0 fully saturated rings. The third kappa shape index (κ3) is 7.83. The number of thioether (sulfide) groups is 1. The van der Waals surface area contributed by atoms with Crippen LogP contribution in [0.15, 0.2) is 87.6 Å². The van der Waals surface area contributed by atoms with Gasteiger partial charge in [0.25, 0.3) is 5.91 Å². The molecule has 0 radical (unpaired) electrons. The number of aromatic nitrogens is 3. The maximum atomic E-state index is 14.1. The smallest absolute Gasteiger partial charge is 0.255 e. The summed E-state index contributed by atoms with van der Waals surface area (Å²) < 4.78 is 20.8. The van der Waals surface area contributed by atoms with Gasteiger partial charge in [-0.3, -0.25) is 4.79 Å². The lowest BCUT2D eigenvalue weighted by atomic mass is 9.94. The maximum absolute atomic E-state index is 14.1. The number of allylic oxidation sites excluding steroid dienone is 1. The Hall–Kier alpha value is -3.96. The Bertz CT molecular complexity index is 1660. The van der Waals surface area contributed by atoms with Crippen LogP contribution in [0.4, 0.5) is 11.6 Å². The maximum Gasteiger partial charge on any atom is 0.255 e. The van der Waals surface area contributed by atoms with E-state index in [1.54, 1.807) is 16.4 Å². The third-order valence-electron chi connectivity index (χ3n) is 7.13. The molecule has 0 spiro atoms. The molecule has 4 aromatic rings. The molecule has 1 aliphatic rings. The van der Waals surface area contributed by atoms with Crippen LogP contribution in [0.3, 0.4) is 0 Å². The number of unbranched alkanes of at least 4 members (excludes halogenated alkanes) is 1. The van der Waals surface area contributed by atoms with Gasteiger partial charge in [0.15, 0.2) is 11.5 Å². The Morgan fingerprint density at radius 3 is 2.49 bits per heavy atom. The number of halogens is 1. The minimum absolute atomic E-state index is 0.271. The van der Waals surface area contributed by atoms with Crippen LogP contribution in [0.2, 0.25) is 0 Å². The predicted molar refractivity (Wildman–Crippen MR) is 182 cm³/mol. The Balaban J connectivity index is 1.52. The van der Waals surface area contributed by atoms with Gasteiger partial charge in [-0.1, -0.05) is 71.4 Å². The number of amides is 1. The van der Waals surface area contributed by atoms with Crippen molar-refractivity contribution in [2.75, 3.05) is 29.6 Å². The highest BCUT2D eigenvalue weighted by atomic mass is 79.9. The highest BCUT2D eigenvalue weighted by Crippen LogP contribution is 2.40. The molecule has 5 rings (SSSR count). The number of carbonyl (C=O) groups excluding carboxylic acids is 1. The second-order valence-corrected chi connectivity index (χ2v) is 12.3. The second kappa shape index (κ2) is 15.4. The summed E-state index contributed by atoms with van der Waals surface area (Å²) in [6, 6.07) is 20.6. The van der Waals surface area contributed by atoms with Gasteiger partial charge in [-0.2, -0.15) is 4.98 Å². The van der Waals surface area contributed by atoms with E-state index in [4.69, 9.17) is 24.3 Å². The van der Waals surface area contributed by atoms with E-state index in [1.165, 1.54) is 0 Å². The molecule has 2 N–H and O–H groups in total. The van der Waals surface area contributed by atoms with Gasteiger partial charge in [-0.05, 0) is 74.7 Å². The fourth-order valence-electron chi connectivity index (χ4n) is 4.97. The number of rotatable bonds is 14. The van der Waals surface area contributed by atoms with Crippen LogP contribution >= 0.6 is 27.7 Å². The number of nitrogens with zero attached hydrogens (tertiary/aromatic N) is 3. The van der Waals surface area contributed by atoms with Crippen LogP contribution < -0.4 is 24.8 Å². The van der Waals surface area contributed by atoms with E-state index in [0.29, 0.717) is 65.1 Å². The molecular weight excluding hydrogens is 654 g/mol. The summed E-state index contributed by atoms with van der Waals surface area (Å²) in [4.78, 5) is 18.9. The first-order valence-corrected chi connectivity index (χ1v) is 16.9. The van der Waals surface area contributed by atoms with Crippen molar-refractivity contribution in [3.63, 3.8) is 0 Å². The quantitative estimate of drug-likeness (QED) is 0.101. The van der Waals surface area contributed by atoms with Crippen LogP contribution in [0, 0.1) is 0 Å². The van der Waals surface area contributed by atoms with Crippen molar-refractivity contribution in [2.45, 2.75) is 58.3 Å². The Morgan fingerprint density at radius 2 is 1.73 bits per heavy atom. The van der Waals surface area contributed by atoms with Crippen LogP contribution in [-0.2, 0) is 11.4 Å². The number of benzene rings is 3. The molecule has 1 amide bonds. The van der Waals surface area contributed by atoms with E-state index in [-0.39, 0.29) is 5.91 Å². The van der Waals surface area contributed by atoms with Crippen molar-refractivity contribution in [1.29, 1.82) is 0 Å². The molecule has 2 heterocycles. The van der Waals surface area contributed by atoms with Crippen molar-refractivity contribution in [3.05, 3.63) is 93.6 Å². The molecule has 236 valence electrons. The molecule has 1 unspecified atom stereocenters. The summed E-state index contributed by atoms with van der Waals surface area (Å²) in [7, 11) is 0. The monoisotopic (exact) mass is 691 g/mol. The molecule has 45 heavy (non-hydrogen) atoms. The number of ether oxygens (including phenoxy) is 3. The number of para-hydroxylation sites is 2. The predicted octanol–water partition coefficient (Wildman–Crippen LogP) is 8.24. The van der Waals surface area contributed by atoms with Gasteiger partial charge < -0.3 is 24.8 Å². The number of fused-ring (bicyclic) bond motifs is 1. The molecule has 0 saturated carbocycles. The normalized spacial score (nSPS) is 14.0. The fourth-order valence-corrected chi connectivity index (χ4v) is 6.14. The molecule has 1 atom stereocenters. The van der Waals surface area contributed by atoms with E-state index in [2.05, 4.69) is 33.5 Å². The van der Waals surface area contributed by atoms with Gasteiger partial charge in [0.1, 0.15) is 18.4 Å². The average Bonchev–Trinajstić information content (AvgIpc) is 3.44. The lowest BCUT2D eigenvalue weighted by molar-refractivity contribution is -0.113. The van der Waals surface area contributed by atoms with E-state index in [0.717, 1.165) is 34.2 Å². The minimum atomic E-state index is -0.576. The highest BCUT2D eigenvalue weighted by Gasteiger charge is 2.35. The Kier molecular flexibility index (Phi) is 11.1. The van der Waals surface area contributed by atoms with Crippen LogP contribution in [0.25, 0.3) is 0 Å². The summed E-state index contributed by atoms with van der Waals surface area (Å²) in [6.07, 6.45) is 2.15. The molecule has 3 aromatic carbocycles. The van der Waals surface area contributed by atoms with Gasteiger partial charge in [-0.15, -0.1) is 5.10 Å². The lowest BCUT2D eigenvalue weighted by Crippen LogP contribution is -2.31. The first-order valence-electron chi connectivity index (χ1n) is 15.2. The van der Waals surface area contributed by atoms with Gasteiger partial charge in [0.05, 0.1) is 24.5 Å². The van der Waals surface area contributed by atoms with Gasteiger partial charge in [0, 0.05) is 15.9 Å². The van der Waals surface area contributed by atoms with Crippen molar-refractivity contribution in [1.82, 2.24) is 14.8 Å². The number of carbonyl (C=O) groups is 1. The van der Waals surface area contributed by atoms with E-state index in [1.807, 2.05) is 87.5 Å². The number of hydrogen-bond donors (Lipinski definition) is 2. The van der Waals surface area contributed by atoms with Crippen LogP contribution in [-0.4, -0.2) is 39.6 Å². The number of anilines is 2. The van der Waals surface area contributed by atoms with Gasteiger partial charge >= 0.3 is 0 Å². The SMILES string of the molecule is CCCCSc1nc2n(n1)C(c1ccc(OCc3ccc(Br)cc3)c(OCC)c1)C(C(=O)Nc1ccccc1OCC)=C(C)N2. The minimum Gasteiger partial charge on any atom is -0.492 e. The molecule has 1 aromatic heterocycles. The summed E-state index contributed by atoms with van der Waals surface area (Å²) in [5.41, 5.74) is 3.64. The number of hydrogen-bond acceptors (Lipinski definition) is 8. The highest BCUT2D eigenvalue weighted by molar-refractivity contribution is 9.10. The number of nitrogens with one attached hydrogen (secondary N) is 2. The van der Waals surface area contributed by atoms with Crippen LogP contribution in [0.5, 0.6) is 17.2 Å². The fraction of sp³-hybridized carbons (Fsp3) is 0.324. The summed E-state index contributed by atoms with van der Waals surface area (Å²) >= 11 is 5.09. The van der Waals surface area contributed by atoms with Crippen molar-refractivity contribution in [2.24, 2.45) is 0 Å². The van der Waals surface area contributed by atoms with E-state index < -0.39 is 6.04 Å². The lowest BCUT2D eigenvalue weighted by Gasteiger charge is -2.29. The first-order chi connectivity index (χ1) is 21.9. The zero-order valence-corrected chi connectivity index (χ0v) is 28.3. The van der Waals surface area contributed by atoms with Crippen molar-refractivity contribution >= 4 is 45.2 Å². The first kappa shape index (κ1) is 32.4. The van der Waals surface area contributed by atoms with E-state index >= 15 is 0 Å². The second-order valence-electron chi connectivity index (χ2n) is 10.4. The summed E-state index contributed by atoms with van der Waals surface area (Å²) in [6.45, 7) is 9.22. The van der Waals surface area contributed by atoms with Gasteiger partial charge in [0.2, 0.25) is 11.1 Å². The Labute approximate surface area is 276 Å². The topological polar surface area (TPSA) is 99.5 Å². The molecular formula is C34H38BrN5O4S. The summed E-state index contributed by atoms with van der Waals surface area (Å²) in [5, 5.41) is 11.9. The largest absolute Gasteiger partial charge is 0.492 e. The van der Waals surface area contributed by atoms with Crippen molar-refractivity contribution in [3.8, 4) is 17.2 Å². The molecule has 11 heteroatoms. The zero-order chi connectivity index (χ0) is 31.8. The molecule has 1 aliphatic heterocycles. The Morgan fingerprint density at radius 1 is 0.978 bits per heavy atom. The molecule has 0 bridgehead atoms. The standard InChI is InChI=1S/C34H38BrN5O4S/c1-5-8-19-45-34-38-33-36-22(4)30(32(41)37-26-11-9-10-12-27(26)42-6-2)31(40(33)39-34)24-15-18-28(29(20-24)43-7-3)44-21-23-13-16-25(35)17-14-23/h9-18,20,31H,5-8,19,21H2,1-4H3,(H,37,41)(H,36,38,39). The zero-order valence-electron chi connectivity index (χ0n) is 25.9. The molecule has 9 nitrogen and oxygen atoms in total. The van der Waals surface area contributed by atoms with E-state index in [9.17, 15) is 4.79 Å². The van der Waals surface area contributed by atoms with Crippen LogP contribution in [0.1, 0.15) is 57.7 Å².